The van der Waals surface area contributed by atoms with Crippen LogP contribution in [0.15, 0.2) is 42.5 Å². The Bertz CT molecular complexity index is 532. The Morgan fingerprint density at radius 2 is 2.07 bits per heavy atom. The summed E-state index contributed by atoms with van der Waals surface area (Å²) < 4.78 is 2.27. The summed E-state index contributed by atoms with van der Waals surface area (Å²) in [5.74, 6) is 1.16. The SMILES string of the molecule is C1=CC[n+]2c([nH]c3ccccc32)C=C1. The highest BCUT2D eigenvalue weighted by Gasteiger charge is 2.14. The number of H-pyrrole nitrogens is 1. The van der Waals surface area contributed by atoms with Gasteiger partial charge in [0.05, 0.1) is 0 Å². The van der Waals surface area contributed by atoms with Gasteiger partial charge >= 0.3 is 0 Å². The first kappa shape index (κ1) is 7.56. The van der Waals surface area contributed by atoms with Gasteiger partial charge in [0, 0.05) is 6.08 Å². The highest BCUT2D eigenvalue weighted by atomic mass is 15.1. The molecule has 2 aromatic rings. The number of imidazole rings is 1. The van der Waals surface area contributed by atoms with Gasteiger partial charge in [-0.15, -0.1) is 0 Å². The van der Waals surface area contributed by atoms with Crippen molar-refractivity contribution in [3.05, 3.63) is 48.3 Å². The van der Waals surface area contributed by atoms with Crippen LogP contribution in [-0.4, -0.2) is 4.98 Å². The van der Waals surface area contributed by atoms with Crippen LogP contribution in [0.4, 0.5) is 0 Å². The molecule has 3 rings (SSSR count). The first-order valence-corrected chi connectivity index (χ1v) is 4.79. The molecular formula is C12H11N2+. The number of fused-ring (bicyclic) bond motifs is 3. The van der Waals surface area contributed by atoms with E-state index >= 15 is 0 Å². The molecular weight excluding hydrogens is 172 g/mol. The lowest BCUT2D eigenvalue weighted by Crippen LogP contribution is -2.34. The predicted octanol–water partition coefficient (Wildman–Crippen LogP) is 2.04. The van der Waals surface area contributed by atoms with Crippen molar-refractivity contribution in [1.82, 2.24) is 4.98 Å². The molecule has 1 aliphatic heterocycles. The minimum Gasteiger partial charge on any atom is -0.237 e. The topological polar surface area (TPSA) is 19.7 Å². The van der Waals surface area contributed by atoms with Gasteiger partial charge in [0.25, 0.3) is 5.82 Å². The van der Waals surface area contributed by atoms with Crippen molar-refractivity contribution in [3.8, 4) is 0 Å². The summed E-state index contributed by atoms with van der Waals surface area (Å²) in [7, 11) is 0. The fourth-order valence-electron chi connectivity index (χ4n) is 1.87. The molecule has 0 unspecified atom stereocenters. The highest BCUT2D eigenvalue weighted by Crippen LogP contribution is 2.10. The maximum atomic E-state index is 3.39. The van der Waals surface area contributed by atoms with Gasteiger partial charge in [-0.2, -0.15) is 0 Å². The summed E-state index contributed by atoms with van der Waals surface area (Å²) in [6, 6.07) is 8.37. The highest BCUT2D eigenvalue weighted by molar-refractivity contribution is 5.72. The number of aromatic amines is 1. The van der Waals surface area contributed by atoms with Crippen LogP contribution in [0, 0.1) is 0 Å². The molecule has 0 saturated carbocycles. The van der Waals surface area contributed by atoms with Crippen molar-refractivity contribution in [2.75, 3.05) is 0 Å². The second kappa shape index (κ2) is 2.84. The molecule has 1 N–H and O–H groups in total. The average Bonchev–Trinajstić information content (AvgIpc) is 2.42. The van der Waals surface area contributed by atoms with Gasteiger partial charge in [-0.3, -0.25) is 0 Å². The van der Waals surface area contributed by atoms with E-state index in [2.05, 4.69) is 58.1 Å². The third-order valence-electron chi connectivity index (χ3n) is 2.54. The van der Waals surface area contributed by atoms with Crippen molar-refractivity contribution < 1.29 is 4.57 Å². The summed E-state index contributed by atoms with van der Waals surface area (Å²) in [6.07, 6.45) is 8.40. The Morgan fingerprint density at radius 1 is 1.14 bits per heavy atom. The van der Waals surface area contributed by atoms with Gasteiger partial charge in [-0.1, -0.05) is 24.3 Å². The number of hydrogen-bond acceptors (Lipinski definition) is 0. The maximum absolute atomic E-state index is 3.39. The van der Waals surface area contributed by atoms with Crippen LogP contribution in [-0.2, 0) is 6.54 Å². The largest absolute Gasteiger partial charge is 0.280 e. The van der Waals surface area contributed by atoms with Crippen LogP contribution in [0.5, 0.6) is 0 Å². The van der Waals surface area contributed by atoms with Gasteiger partial charge in [0.1, 0.15) is 6.54 Å². The monoisotopic (exact) mass is 183 g/mol. The van der Waals surface area contributed by atoms with Gasteiger partial charge in [0.2, 0.25) is 0 Å². The Morgan fingerprint density at radius 3 is 3.07 bits per heavy atom. The van der Waals surface area contributed by atoms with Crippen LogP contribution < -0.4 is 4.57 Å². The van der Waals surface area contributed by atoms with Crippen molar-refractivity contribution in [3.63, 3.8) is 0 Å². The summed E-state index contributed by atoms with van der Waals surface area (Å²) in [5.41, 5.74) is 2.46. The second-order valence-corrected chi connectivity index (χ2v) is 3.43. The lowest BCUT2D eigenvalue weighted by molar-refractivity contribution is -0.662. The maximum Gasteiger partial charge on any atom is 0.280 e. The zero-order valence-corrected chi connectivity index (χ0v) is 7.77. The molecule has 0 aliphatic carbocycles. The standard InChI is InChI=1S/C12H10N2/c1-2-8-12-13-10-6-3-4-7-11(10)14(12)9-5-1/h1-8H,9H2/p+1. The minimum absolute atomic E-state index is 0.937. The van der Waals surface area contributed by atoms with E-state index in [1.807, 2.05) is 0 Å². The van der Waals surface area contributed by atoms with Crippen LogP contribution in [0.3, 0.4) is 0 Å². The lowest BCUT2D eigenvalue weighted by atomic mass is 10.3. The Labute approximate surface area is 82.2 Å². The van der Waals surface area contributed by atoms with Gasteiger partial charge in [-0.25, -0.2) is 9.55 Å². The van der Waals surface area contributed by atoms with Crippen molar-refractivity contribution in [1.29, 1.82) is 0 Å². The zero-order valence-electron chi connectivity index (χ0n) is 7.77. The van der Waals surface area contributed by atoms with E-state index in [0.717, 1.165) is 12.4 Å². The van der Waals surface area contributed by atoms with Gasteiger partial charge in [-0.05, 0) is 18.2 Å². The van der Waals surface area contributed by atoms with E-state index in [1.54, 1.807) is 0 Å². The molecule has 0 radical (unpaired) electrons. The molecule has 2 heterocycles. The lowest BCUT2D eigenvalue weighted by Gasteiger charge is -1.92. The van der Waals surface area contributed by atoms with E-state index in [4.69, 9.17) is 0 Å². The minimum atomic E-state index is 0.937. The number of hydrogen-bond donors (Lipinski definition) is 1. The molecule has 0 saturated heterocycles. The molecule has 0 bridgehead atoms. The molecule has 68 valence electrons. The van der Waals surface area contributed by atoms with Crippen molar-refractivity contribution in [2.45, 2.75) is 6.54 Å². The first-order chi connectivity index (χ1) is 6.95. The third-order valence-corrected chi connectivity index (χ3v) is 2.54. The summed E-state index contributed by atoms with van der Waals surface area (Å²) in [6.45, 7) is 0.937. The van der Waals surface area contributed by atoms with Gasteiger partial charge in [0.15, 0.2) is 11.0 Å². The molecule has 0 atom stereocenters. The quantitative estimate of drug-likeness (QED) is 0.603. The molecule has 1 aromatic carbocycles. The normalized spacial score (nSPS) is 14.3. The van der Waals surface area contributed by atoms with E-state index in [0.29, 0.717) is 0 Å². The van der Waals surface area contributed by atoms with Crippen molar-refractivity contribution >= 4 is 17.1 Å². The number of rotatable bonds is 0. The van der Waals surface area contributed by atoms with Crippen LogP contribution in [0.25, 0.3) is 17.1 Å². The van der Waals surface area contributed by atoms with E-state index in [9.17, 15) is 0 Å². The van der Waals surface area contributed by atoms with Gasteiger partial charge < -0.3 is 0 Å². The van der Waals surface area contributed by atoms with Crippen molar-refractivity contribution in [2.24, 2.45) is 0 Å². The van der Waals surface area contributed by atoms with E-state index in [1.165, 1.54) is 11.0 Å². The Kier molecular flexibility index (Phi) is 1.53. The number of benzene rings is 1. The number of aromatic nitrogens is 2. The number of nitrogens with zero attached hydrogens (tertiary/aromatic N) is 1. The van der Waals surface area contributed by atoms with E-state index in [-0.39, 0.29) is 0 Å². The Hall–Kier alpha value is -1.83. The summed E-state index contributed by atoms with van der Waals surface area (Å²) in [4.78, 5) is 3.39. The molecule has 0 amide bonds. The molecule has 2 heteroatoms. The second-order valence-electron chi connectivity index (χ2n) is 3.43. The summed E-state index contributed by atoms with van der Waals surface area (Å²) in [5, 5.41) is 0. The first-order valence-electron chi connectivity index (χ1n) is 4.79. The number of nitrogens with one attached hydrogen (secondary N) is 1. The summed E-state index contributed by atoms with van der Waals surface area (Å²) >= 11 is 0. The average molecular weight is 183 g/mol. The fraction of sp³-hybridized carbons (Fsp3) is 0.0833. The zero-order chi connectivity index (χ0) is 9.38. The molecule has 1 aromatic heterocycles. The molecule has 1 aliphatic rings. The Balaban J connectivity index is 2.37. The van der Waals surface area contributed by atoms with E-state index < -0.39 is 0 Å². The number of allylic oxidation sites excluding steroid dienone is 3. The van der Waals surface area contributed by atoms with Crippen LogP contribution in [0.1, 0.15) is 5.82 Å². The van der Waals surface area contributed by atoms with Crippen LogP contribution >= 0.6 is 0 Å². The smallest absolute Gasteiger partial charge is 0.237 e. The third kappa shape index (κ3) is 1.01. The molecule has 0 fully saturated rings. The van der Waals surface area contributed by atoms with Crippen LogP contribution in [0.2, 0.25) is 0 Å². The number of para-hydroxylation sites is 2. The molecule has 14 heavy (non-hydrogen) atoms. The molecule has 0 spiro atoms. The molecule has 2 nitrogen and oxygen atoms in total. The fourth-order valence-corrected chi connectivity index (χ4v) is 1.87. The predicted molar refractivity (Wildman–Crippen MR) is 56.7 cm³/mol.